The van der Waals surface area contributed by atoms with Crippen molar-refractivity contribution in [1.29, 1.82) is 0 Å². The zero-order chi connectivity index (χ0) is 17.0. The first-order chi connectivity index (χ1) is 10.9. The Morgan fingerprint density at radius 2 is 1.57 bits per heavy atom. The van der Waals surface area contributed by atoms with Crippen LogP contribution in [0.2, 0.25) is 0 Å². The first-order valence-electron chi connectivity index (χ1n) is 7.59. The average molecular weight is 310 g/mol. The van der Waals surface area contributed by atoms with Crippen LogP contribution in [0, 0.1) is 27.7 Å². The zero-order valence-corrected chi connectivity index (χ0v) is 14.0. The van der Waals surface area contributed by atoms with Gasteiger partial charge in [-0.3, -0.25) is 9.59 Å². The highest BCUT2D eigenvalue weighted by Crippen LogP contribution is 2.21. The van der Waals surface area contributed by atoms with Crippen LogP contribution >= 0.6 is 0 Å². The van der Waals surface area contributed by atoms with Crippen LogP contribution in [-0.2, 0) is 4.79 Å². The Morgan fingerprint density at radius 3 is 2.17 bits per heavy atom. The van der Waals surface area contributed by atoms with Gasteiger partial charge < -0.3 is 10.6 Å². The van der Waals surface area contributed by atoms with Crippen molar-refractivity contribution < 1.29 is 9.59 Å². The van der Waals surface area contributed by atoms with E-state index in [-0.39, 0.29) is 18.4 Å². The lowest BCUT2D eigenvalue weighted by Crippen LogP contribution is -2.33. The molecular formula is C19H22N2O2. The number of amides is 2. The Hall–Kier alpha value is -2.62. The predicted octanol–water partition coefficient (Wildman–Crippen LogP) is 3.29. The predicted molar refractivity (Wildman–Crippen MR) is 92.8 cm³/mol. The van der Waals surface area contributed by atoms with Crippen LogP contribution in [0.25, 0.3) is 0 Å². The lowest BCUT2D eigenvalue weighted by atomic mass is 10.1. The van der Waals surface area contributed by atoms with Crippen molar-refractivity contribution in [2.24, 2.45) is 0 Å². The Labute approximate surface area is 136 Å². The molecule has 2 aromatic rings. The summed E-state index contributed by atoms with van der Waals surface area (Å²) in [5.41, 5.74) is 5.56. The van der Waals surface area contributed by atoms with E-state index < -0.39 is 0 Å². The number of rotatable bonds is 4. The molecule has 0 saturated heterocycles. The number of nitrogens with one attached hydrogen (secondary N) is 2. The van der Waals surface area contributed by atoms with Gasteiger partial charge in [0.2, 0.25) is 5.91 Å². The molecule has 0 heterocycles. The van der Waals surface area contributed by atoms with Crippen LogP contribution in [0.15, 0.2) is 36.4 Å². The Balaban J connectivity index is 1.97. The average Bonchev–Trinajstić information content (AvgIpc) is 2.48. The van der Waals surface area contributed by atoms with Crippen molar-refractivity contribution in [3.63, 3.8) is 0 Å². The van der Waals surface area contributed by atoms with E-state index in [9.17, 15) is 9.59 Å². The molecule has 0 atom stereocenters. The van der Waals surface area contributed by atoms with Crippen molar-refractivity contribution in [3.8, 4) is 0 Å². The van der Waals surface area contributed by atoms with E-state index in [1.54, 1.807) is 12.1 Å². The fourth-order valence-corrected chi connectivity index (χ4v) is 2.61. The van der Waals surface area contributed by atoms with Gasteiger partial charge in [-0.1, -0.05) is 35.4 Å². The van der Waals surface area contributed by atoms with Gasteiger partial charge in [0, 0.05) is 11.3 Å². The van der Waals surface area contributed by atoms with E-state index in [2.05, 4.69) is 10.6 Å². The van der Waals surface area contributed by atoms with E-state index >= 15 is 0 Å². The highest BCUT2D eigenvalue weighted by Gasteiger charge is 2.11. The minimum atomic E-state index is -0.249. The van der Waals surface area contributed by atoms with Gasteiger partial charge in [-0.25, -0.2) is 0 Å². The molecule has 23 heavy (non-hydrogen) atoms. The van der Waals surface area contributed by atoms with Gasteiger partial charge in [0.1, 0.15) is 0 Å². The number of aryl methyl sites for hydroxylation is 4. The molecule has 120 valence electrons. The maximum atomic E-state index is 12.1. The van der Waals surface area contributed by atoms with Crippen LogP contribution in [0.1, 0.15) is 32.6 Å². The minimum Gasteiger partial charge on any atom is -0.343 e. The molecule has 0 spiro atoms. The molecule has 0 radical (unpaired) electrons. The number of anilines is 1. The number of hydrogen-bond acceptors (Lipinski definition) is 2. The van der Waals surface area contributed by atoms with Gasteiger partial charge in [0.05, 0.1) is 6.54 Å². The smallest absolute Gasteiger partial charge is 0.251 e. The van der Waals surface area contributed by atoms with Gasteiger partial charge >= 0.3 is 0 Å². The molecular weight excluding hydrogens is 288 g/mol. The maximum Gasteiger partial charge on any atom is 0.251 e. The molecule has 0 bridgehead atoms. The SMILES string of the molecule is Cc1cccc(C(=O)NCC(=O)Nc2c(C)cc(C)cc2C)c1. The summed E-state index contributed by atoms with van der Waals surface area (Å²) in [6.07, 6.45) is 0. The standard InChI is InChI=1S/C19H22N2O2/c1-12-6-5-7-16(10-12)19(23)20-11-17(22)21-18-14(3)8-13(2)9-15(18)4/h5-10H,11H2,1-4H3,(H,20,23)(H,21,22). The first kappa shape index (κ1) is 16.7. The quantitative estimate of drug-likeness (QED) is 0.910. The Morgan fingerprint density at radius 1 is 0.913 bits per heavy atom. The third kappa shape index (κ3) is 4.42. The number of hydrogen-bond donors (Lipinski definition) is 2. The topological polar surface area (TPSA) is 58.2 Å². The fraction of sp³-hybridized carbons (Fsp3) is 0.263. The van der Waals surface area contributed by atoms with Crippen molar-refractivity contribution in [3.05, 3.63) is 64.2 Å². The molecule has 2 rings (SSSR count). The Kier molecular flexibility index (Phi) is 5.16. The molecule has 2 amide bonds. The third-order valence-electron chi connectivity index (χ3n) is 3.63. The van der Waals surface area contributed by atoms with Crippen molar-refractivity contribution >= 4 is 17.5 Å². The van der Waals surface area contributed by atoms with E-state index in [0.717, 1.165) is 27.9 Å². The van der Waals surface area contributed by atoms with E-state index in [0.29, 0.717) is 5.56 Å². The second kappa shape index (κ2) is 7.09. The Bertz CT molecular complexity index is 728. The van der Waals surface area contributed by atoms with Crippen molar-refractivity contribution in [2.45, 2.75) is 27.7 Å². The van der Waals surface area contributed by atoms with Crippen molar-refractivity contribution in [1.82, 2.24) is 5.32 Å². The van der Waals surface area contributed by atoms with Gasteiger partial charge in [0.25, 0.3) is 5.91 Å². The molecule has 4 nitrogen and oxygen atoms in total. The van der Waals surface area contributed by atoms with Crippen LogP contribution in [0.3, 0.4) is 0 Å². The highest BCUT2D eigenvalue weighted by molar-refractivity contribution is 5.99. The van der Waals surface area contributed by atoms with Crippen LogP contribution in [0.5, 0.6) is 0 Å². The van der Waals surface area contributed by atoms with Crippen LogP contribution in [-0.4, -0.2) is 18.4 Å². The molecule has 0 aliphatic heterocycles. The second-order valence-electron chi connectivity index (χ2n) is 5.87. The normalized spacial score (nSPS) is 10.3. The van der Waals surface area contributed by atoms with Gasteiger partial charge in [0.15, 0.2) is 0 Å². The molecule has 0 aromatic heterocycles. The van der Waals surface area contributed by atoms with Crippen LogP contribution < -0.4 is 10.6 Å². The molecule has 0 aliphatic rings. The molecule has 4 heteroatoms. The molecule has 0 saturated carbocycles. The molecule has 0 fully saturated rings. The summed E-state index contributed by atoms with van der Waals surface area (Å²) < 4.78 is 0. The summed E-state index contributed by atoms with van der Waals surface area (Å²) >= 11 is 0. The summed E-state index contributed by atoms with van der Waals surface area (Å²) in [6.45, 7) is 7.81. The first-order valence-corrected chi connectivity index (χ1v) is 7.59. The highest BCUT2D eigenvalue weighted by atomic mass is 16.2. The minimum absolute atomic E-state index is 0.0560. The fourth-order valence-electron chi connectivity index (χ4n) is 2.61. The lowest BCUT2D eigenvalue weighted by molar-refractivity contribution is -0.115. The van der Waals surface area contributed by atoms with Gasteiger partial charge in [-0.15, -0.1) is 0 Å². The van der Waals surface area contributed by atoms with Gasteiger partial charge in [-0.2, -0.15) is 0 Å². The summed E-state index contributed by atoms with van der Waals surface area (Å²) in [5, 5.41) is 5.52. The lowest BCUT2D eigenvalue weighted by Gasteiger charge is -2.13. The number of benzene rings is 2. The molecule has 2 N–H and O–H groups in total. The zero-order valence-electron chi connectivity index (χ0n) is 14.0. The second-order valence-corrected chi connectivity index (χ2v) is 5.87. The molecule has 0 unspecified atom stereocenters. The van der Waals surface area contributed by atoms with Crippen molar-refractivity contribution in [2.75, 3.05) is 11.9 Å². The van der Waals surface area contributed by atoms with E-state index in [1.165, 1.54) is 0 Å². The maximum absolute atomic E-state index is 12.1. The largest absolute Gasteiger partial charge is 0.343 e. The summed E-state index contributed by atoms with van der Waals surface area (Å²) in [4.78, 5) is 24.1. The number of carbonyl (C=O) groups excluding carboxylic acids is 2. The van der Waals surface area contributed by atoms with E-state index in [4.69, 9.17) is 0 Å². The monoisotopic (exact) mass is 310 g/mol. The van der Waals surface area contributed by atoms with Gasteiger partial charge in [-0.05, 0) is 51.0 Å². The number of carbonyl (C=O) groups is 2. The molecule has 0 aliphatic carbocycles. The molecule has 2 aromatic carbocycles. The van der Waals surface area contributed by atoms with Crippen LogP contribution in [0.4, 0.5) is 5.69 Å². The summed E-state index contributed by atoms with van der Waals surface area (Å²) in [6, 6.07) is 11.3. The van der Waals surface area contributed by atoms with E-state index in [1.807, 2.05) is 52.0 Å². The summed E-state index contributed by atoms with van der Waals surface area (Å²) in [7, 11) is 0. The third-order valence-corrected chi connectivity index (χ3v) is 3.63. The summed E-state index contributed by atoms with van der Waals surface area (Å²) in [5.74, 6) is -0.484.